The molecule has 0 aromatic heterocycles. The third-order valence-electron chi connectivity index (χ3n) is 2.71. The lowest BCUT2D eigenvalue weighted by molar-refractivity contribution is -0.385. The molecule has 0 unspecified atom stereocenters. The van der Waals surface area contributed by atoms with Gasteiger partial charge < -0.3 is 4.74 Å². The monoisotopic (exact) mass is 336 g/mol. The van der Waals surface area contributed by atoms with Crippen LogP contribution in [0.25, 0.3) is 0 Å². The van der Waals surface area contributed by atoms with Crippen molar-refractivity contribution in [1.82, 2.24) is 0 Å². The highest BCUT2D eigenvalue weighted by atomic mass is 35.5. The summed E-state index contributed by atoms with van der Waals surface area (Å²) < 4.78 is 26.8. The van der Waals surface area contributed by atoms with Crippen molar-refractivity contribution in [1.29, 1.82) is 0 Å². The zero-order valence-electron chi connectivity index (χ0n) is 11.3. The molecule has 0 fully saturated rings. The van der Waals surface area contributed by atoms with Crippen LogP contribution in [0.15, 0.2) is 18.2 Å². The van der Waals surface area contributed by atoms with E-state index >= 15 is 0 Å². The van der Waals surface area contributed by atoms with Gasteiger partial charge in [0.05, 0.1) is 22.3 Å². The topological polar surface area (TPSA) is 113 Å². The average molecular weight is 337 g/mol. The van der Waals surface area contributed by atoms with Gasteiger partial charge in [-0.05, 0) is 18.9 Å². The van der Waals surface area contributed by atoms with E-state index in [4.69, 9.17) is 21.5 Å². The summed E-state index contributed by atoms with van der Waals surface area (Å²) in [6.45, 7) is 0.278. The summed E-state index contributed by atoms with van der Waals surface area (Å²) in [5, 5.41) is 15.9. The predicted molar refractivity (Wildman–Crippen MR) is 80.0 cm³/mol. The Balaban J connectivity index is 2.35. The van der Waals surface area contributed by atoms with Gasteiger partial charge in [-0.2, -0.15) is 0 Å². The number of primary sulfonamides is 1. The molecule has 118 valence electrons. The first-order valence-electron chi connectivity index (χ1n) is 6.37. The average Bonchev–Trinajstić information content (AvgIpc) is 2.37. The van der Waals surface area contributed by atoms with Gasteiger partial charge in [-0.15, -0.1) is 0 Å². The zero-order chi connectivity index (χ0) is 15.9. The van der Waals surface area contributed by atoms with Gasteiger partial charge in [0.15, 0.2) is 0 Å². The van der Waals surface area contributed by atoms with Crippen molar-refractivity contribution in [3.8, 4) is 5.75 Å². The molecule has 7 nitrogen and oxygen atoms in total. The number of hydrogen-bond donors (Lipinski definition) is 1. The molecule has 0 spiro atoms. The third-order valence-corrected chi connectivity index (χ3v) is 3.87. The first-order valence-corrected chi connectivity index (χ1v) is 8.47. The van der Waals surface area contributed by atoms with E-state index in [0.717, 1.165) is 6.42 Å². The Labute approximate surface area is 128 Å². The molecular weight excluding hydrogens is 320 g/mol. The van der Waals surface area contributed by atoms with Crippen molar-refractivity contribution in [2.24, 2.45) is 5.14 Å². The van der Waals surface area contributed by atoms with Crippen LogP contribution in [0.4, 0.5) is 5.69 Å². The van der Waals surface area contributed by atoms with Crippen molar-refractivity contribution in [2.45, 2.75) is 25.7 Å². The molecule has 0 aliphatic rings. The van der Waals surface area contributed by atoms with Crippen LogP contribution in [0.2, 0.25) is 5.02 Å². The van der Waals surface area contributed by atoms with Crippen LogP contribution in [-0.2, 0) is 10.0 Å². The van der Waals surface area contributed by atoms with Crippen molar-refractivity contribution >= 4 is 27.3 Å². The van der Waals surface area contributed by atoms with E-state index in [-0.39, 0.29) is 28.8 Å². The number of halogens is 1. The first kappa shape index (κ1) is 17.7. The highest BCUT2D eigenvalue weighted by Crippen LogP contribution is 2.34. The maximum atomic E-state index is 10.8. The predicted octanol–water partition coefficient (Wildman–Crippen LogP) is 2.48. The number of rotatable bonds is 9. The van der Waals surface area contributed by atoms with E-state index in [9.17, 15) is 18.5 Å². The van der Waals surface area contributed by atoms with Crippen LogP contribution >= 0.6 is 11.6 Å². The number of nitro benzene ring substituents is 1. The van der Waals surface area contributed by atoms with E-state index in [0.29, 0.717) is 19.3 Å². The van der Waals surface area contributed by atoms with Crippen LogP contribution in [0, 0.1) is 10.1 Å². The van der Waals surface area contributed by atoms with E-state index in [1.54, 1.807) is 0 Å². The Kier molecular flexibility index (Phi) is 6.86. The zero-order valence-corrected chi connectivity index (χ0v) is 12.9. The molecular formula is C12H17ClN2O5S. The second kappa shape index (κ2) is 8.16. The maximum Gasteiger partial charge on any atom is 0.312 e. The summed E-state index contributed by atoms with van der Waals surface area (Å²) in [4.78, 5) is 10.3. The number of para-hydroxylation sites is 1. The summed E-state index contributed by atoms with van der Waals surface area (Å²) in [5.41, 5.74) is -0.170. The van der Waals surface area contributed by atoms with E-state index in [1.165, 1.54) is 18.2 Å². The second-order valence-corrected chi connectivity index (χ2v) is 6.62. The minimum Gasteiger partial charge on any atom is -0.486 e. The molecule has 2 N–H and O–H groups in total. The fraction of sp³-hybridized carbons (Fsp3) is 0.500. The molecule has 0 saturated heterocycles. The molecule has 21 heavy (non-hydrogen) atoms. The van der Waals surface area contributed by atoms with Crippen molar-refractivity contribution in [3.63, 3.8) is 0 Å². The van der Waals surface area contributed by atoms with Gasteiger partial charge in [-0.1, -0.05) is 30.5 Å². The normalized spacial score (nSPS) is 11.3. The summed E-state index contributed by atoms with van der Waals surface area (Å²) in [6, 6.07) is 4.34. The van der Waals surface area contributed by atoms with Crippen LogP contribution in [0.5, 0.6) is 5.75 Å². The molecule has 0 bridgehead atoms. The fourth-order valence-electron chi connectivity index (χ4n) is 1.72. The number of nitro groups is 1. The Hall–Kier alpha value is -1.38. The number of benzene rings is 1. The van der Waals surface area contributed by atoms with Crippen molar-refractivity contribution in [3.05, 3.63) is 33.3 Å². The largest absolute Gasteiger partial charge is 0.486 e. The summed E-state index contributed by atoms with van der Waals surface area (Å²) in [5.74, 6) is 0.0258. The Morgan fingerprint density at radius 3 is 2.52 bits per heavy atom. The lowest BCUT2D eigenvalue weighted by Crippen LogP contribution is -2.16. The molecule has 0 saturated carbocycles. The van der Waals surface area contributed by atoms with Crippen LogP contribution in [0.1, 0.15) is 25.7 Å². The third kappa shape index (κ3) is 6.74. The number of nitrogens with zero attached hydrogens (tertiary/aromatic N) is 1. The summed E-state index contributed by atoms with van der Waals surface area (Å²) >= 11 is 5.88. The molecule has 1 rings (SSSR count). The molecule has 0 amide bonds. The fourth-order valence-corrected chi connectivity index (χ4v) is 2.55. The number of unbranched alkanes of at least 4 members (excludes halogenated alkanes) is 3. The van der Waals surface area contributed by atoms with Crippen LogP contribution in [-0.4, -0.2) is 25.7 Å². The minimum absolute atomic E-state index is 0.0379. The van der Waals surface area contributed by atoms with Gasteiger partial charge in [-0.25, -0.2) is 13.6 Å². The minimum atomic E-state index is -3.40. The van der Waals surface area contributed by atoms with Crippen LogP contribution < -0.4 is 9.88 Å². The highest BCUT2D eigenvalue weighted by molar-refractivity contribution is 7.89. The SMILES string of the molecule is NS(=O)(=O)CCCCCCOc1c(Cl)cccc1[N+](=O)[O-]. The molecule has 0 radical (unpaired) electrons. The first-order chi connectivity index (χ1) is 9.81. The second-order valence-electron chi connectivity index (χ2n) is 4.47. The van der Waals surface area contributed by atoms with Gasteiger partial charge in [0.25, 0.3) is 0 Å². The smallest absolute Gasteiger partial charge is 0.312 e. The van der Waals surface area contributed by atoms with Gasteiger partial charge in [0.1, 0.15) is 0 Å². The number of nitrogens with two attached hydrogens (primary N) is 1. The quantitative estimate of drug-likeness (QED) is 0.423. The molecule has 0 heterocycles. The molecule has 9 heteroatoms. The van der Waals surface area contributed by atoms with Crippen molar-refractivity contribution < 1.29 is 18.1 Å². The number of sulfonamides is 1. The molecule has 0 atom stereocenters. The van der Waals surface area contributed by atoms with Gasteiger partial charge in [0.2, 0.25) is 15.8 Å². The van der Waals surface area contributed by atoms with E-state index in [2.05, 4.69) is 0 Å². The number of ether oxygens (including phenoxy) is 1. The van der Waals surface area contributed by atoms with Crippen molar-refractivity contribution in [2.75, 3.05) is 12.4 Å². The summed E-state index contributed by atoms with van der Waals surface area (Å²) in [7, 11) is -3.40. The molecule has 1 aromatic carbocycles. The standard InChI is InChI=1S/C12H17ClN2O5S/c13-10-6-5-7-11(15(16)17)12(10)20-8-3-1-2-4-9-21(14,18)19/h5-7H,1-4,8-9H2,(H2,14,18,19). The Bertz CT molecular complexity index is 591. The Morgan fingerprint density at radius 1 is 1.24 bits per heavy atom. The van der Waals surface area contributed by atoms with Gasteiger partial charge >= 0.3 is 5.69 Å². The Morgan fingerprint density at radius 2 is 1.90 bits per heavy atom. The van der Waals surface area contributed by atoms with Gasteiger partial charge in [-0.3, -0.25) is 10.1 Å². The lowest BCUT2D eigenvalue weighted by atomic mass is 10.2. The summed E-state index contributed by atoms with van der Waals surface area (Å²) in [6.07, 6.45) is 2.58. The lowest BCUT2D eigenvalue weighted by Gasteiger charge is -2.08. The highest BCUT2D eigenvalue weighted by Gasteiger charge is 2.17. The number of hydrogen-bond acceptors (Lipinski definition) is 5. The van der Waals surface area contributed by atoms with Gasteiger partial charge in [0, 0.05) is 6.07 Å². The molecule has 0 aliphatic carbocycles. The molecule has 0 aliphatic heterocycles. The van der Waals surface area contributed by atoms with E-state index < -0.39 is 14.9 Å². The van der Waals surface area contributed by atoms with Crippen LogP contribution in [0.3, 0.4) is 0 Å². The maximum absolute atomic E-state index is 10.8. The van der Waals surface area contributed by atoms with E-state index in [1.807, 2.05) is 0 Å². The molecule has 1 aromatic rings.